The van der Waals surface area contributed by atoms with E-state index in [1.54, 1.807) is 57.7 Å². The first-order valence-corrected chi connectivity index (χ1v) is 7.23. The molecule has 0 saturated carbocycles. The van der Waals surface area contributed by atoms with Crippen molar-refractivity contribution in [3.8, 4) is 23.0 Å². The number of carbonyl (C=O) groups is 1. The van der Waals surface area contributed by atoms with Crippen molar-refractivity contribution < 1.29 is 23.7 Å². The lowest BCUT2D eigenvalue weighted by atomic mass is 9.97. The third kappa shape index (κ3) is 3.35. The standard InChI is InChI=1S/C19H20O5/c1-12(13-6-8-15(21-2)17(10-13)23-4)19(20)14-7-9-16(22-3)18(11-14)24-5/h6-11H,1H2,2-5H3. The lowest BCUT2D eigenvalue weighted by Crippen LogP contribution is -2.03. The van der Waals surface area contributed by atoms with Gasteiger partial charge in [-0.3, -0.25) is 4.79 Å². The molecular weight excluding hydrogens is 308 g/mol. The Hall–Kier alpha value is -2.95. The summed E-state index contributed by atoms with van der Waals surface area (Å²) in [7, 11) is 6.17. The highest BCUT2D eigenvalue weighted by Crippen LogP contribution is 2.32. The number of ether oxygens (including phenoxy) is 4. The van der Waals surface area contributed by atoms with Crippen molar-refractivity contribution in [3.05, 3.63) is 54.1 Å². The Morgan fingerprint density at radius 2 is 1.12 bits per heavy atom. The number of benzene rings is 2. The van der Waals surface area contributed by atoms with Crippen LogP contribution in [0.2, 0.25) is 0 Å². The number of rotatable bonds is 7. The highest BCUT2D eigenvalue weighted by Gasteiger charge is 2.16. The highest BCUT2D eigenvalue weighted by atomic mass is 16.5. The monoisotopic (exact) mass is 328 g/mol. The van der Waals surface area contributed by atoms with E-state index in [1.807, 2.05) is 0 Å². The van der Waals surface area contributed by atoms with E-state index >= 15 is 0 Å². The lowest BCUT2D eigenvalue weighted by molar-refractivity contribution is 0.105. The zero-order chi connectivity index (χ0) is 17.7. The van der Waals surface area contributed by atoms with Gasteiger partial charge in [-0.15, -0.1) is 0 Å². The Balaban J connectivity index is 2.34. The summed E-state index contributed by atoms with van der Waals surface area (Å²) in [4.78, 5) is 12.7. The first-order valence-electron chi connectivity index (χ1n) is 7.23. The van der Waals surface area contributed by atoms with Crippen molar-refractivity contribution in [2.24, 2.45) is 0 Å². The molecule has 0 aliphatic heterocycles. The summed E-state index contributed by atoms with van der Waals surface area (Å²) in [5, 5.41) is 0. The molecule has 0 aliphatic carbocycles. The maximum atomic E-state index is 12.7. The van der Waals surface area contributed by atoms with Crippen LogP contribution < -0.4 is 18.9 Å². The summed E-state index contributed by atoms with van der Waals surface area (Å²) in [6.45, 7) is 3.91. The quantitative estimate of drug-likeness (QED) is 0.574. The van der Waals surface area contributed by atoms with Gasteiger partial charge >= 0.3 is 0 Å². The Kier molecular flexibility index (Phi) is 5.47. The van der Waals surface area contributed by atoms with Crippen LogP contribution in [0.25, 0.3) is 5.57 Å². The number of allylic oxidation sites excluding steroid dienone is 1. The minimum Gasteiger partial charge on any atom is -0.493 e. The van der Waals surface area contributed by atoms with Crippen molar-refractivity contribution in [2.45, 2.75) is 0 Å². The fourth-order valence-corrected chi connectivity index (χ4v) is 2.31. The van der Waals surface area contributed by atoms with Crippen molar-refractivity contribution in [1.82, 2.24) is 0 Å². The van der Waals surface area contributed by atoms with Crippen LogP contribution in [0.5, 0.6) is 23.0 Å². The number of carbonyl (C=O) groups excluding carboxylic acids is 1. The normalized spacial score (nSPS) is 10.0. The molecule has 2 aromatic carbocycles. The van der Waals surface area contributed by atoms with Gasteiger partial charge in [-0.1, -0.05) is 12.6 Å². The second-order valence-corrected chi connectivity index (χ2v) is 4.95. The van der Waals surface area contributed by atoms with Gasteiger partial charge in [0.05, 0.1) is 28.4 Å². The van der Waals surface area contributed by atoms with Gasteiger partial charge < -0.3 is 18.9 Å². The fourth-order valence-electron chi connectivity index (χ4n) is 2.31. The van der Waals surface area contributed by atoms with Crippen molar-refractivity contribution in [3.63, 3.8) is 0 Å². The smallest absolute Gasteiger partial charge is 0.193 e. The van der Waals surface area contributed by atoms with Crippen LogP contribution >= 0.6 is 0 Å². The molecule has 0 unspecified atom stereocenters. The molecule has 0 atom stereocenters. The predicted molar refractivity (Wildman–Crippen MR) is 92.5 cm³/mol. The van der Waals surface area contributed by atoms with Crippen LogP contribution in [-0.2, 0) is 0 Å². The summed E-state index contributed by atoms with van der Waals surface area (Å²) in [6, 6.07) is 10.2. The number of ketones is 1. The molecule has 0 bridgehead atoms. The van der Waals surface area contributed by atoms with Gasteiger partial charge in [0.1, 0.15) is 0 Å². The van der Waals surface area contributed by atoms with Crippen LogP contribution in [0, 0.1) is 0 Å². The molecule has 0 aliphatic rings. The van der Waals surface area contributed by atoms with E-state index in [4.69, 9.17) is 18.9 Å². The minimum absolute atomic E-state index is 0.205. The van der Waals surface area contributed by atoms with E-state index in [0.717, 1.165) is 0 Å². The van der Waals surface area contributed by atoms with E-state index in [1.165, 1.54) is 7.11 Å². The van der Waals surface area contributed by atoms with Gasteiger partial charge in [0.2, 0.25) is 0 Å². The summed E-state index contributed by atoms with van der Waals surface area (Å²) in [5.74, 6) is 1.97. The molecule has 0 amide bonds. The molecular formula is C19H20O5. The van der Waals surface area contributed by atoms with E-state index < -0.39 is 0 Å². The first kappa shape index (κ1) is 17.4. The SMILES string of the molecule is C=C(C(=O)c1ccc(OC)c(OC)c1)c1ccc(OC)c(OC)c1. The van der Waals surface area contributed by atoms with Gasteiger partial charge in [0.15, 0.2) is 28.8 Å². The summed E-state index contributed by atoms with van der Waals surface area (Å²) < 4.78 is 20.9. The molecule has 5 nitrogen and oxygen atoms in total. The molecule has 0 spiro atoms. The van der Waals surface area contributed by atoms with Gasteiger partial charge in [0, 0.05) is 11.1 Å². The fraction of sp³-hybridized carbons (Fsp3) is 0.211. The van der Waals surface area contributed by atoms with Crippen molar-refractivity contribution in [1.29, 1.82) is 0 Å². The van der Waals surface area contributed by atoms with Gasteiger partial charge in [-0.25, -0.2) is 0 Å². The van der Waals surface area contributed by atoms with Crippen molar-refractivity contribution >= 4 is 11.4 Å². The van der Waals surface area contributed by atoms with Crippen LogP contribution in [0.4, 0.5) is 0 Å². The molecule has 0 aromatic heterocycles. The summed E-state index contributed by atoms with van der Waals surface area (Å²) in [6.07, 6.45) is 0. The van der Waals surface area contributed by atoms with E-state index in [0.29, 0.717) is 39.7 Å². The maximum Gasteiger partial charge on any atom is 0.193 e. The third-order valence-electron chi connectivity index (χ3n) is 3.65. The van der Waals surface area contributed by atoms with Crippen LogP contribution in [-0.4, -0.2) is 34.2 Å². The number of hydrogen-bond donors (Lipinski definition) is 0. The van der Waals surface area contributed by atoms with Gasteiger partial charge in [-0.2, -0.15) is 0 Å². The third-order valence-corrected chi connectivity index (χ3v) is 3.65. The zero-order valence-electron chi connectivity index (χ0n) is 14.2. The Morgan fingerprint density at radius 3 is 1.58 bits per heavy atom. The topological polar surface area (TPSA) is 54.0 Å². The second-order valence-electron chi connectivity index (χ2n) is 4.95. The average Bonchev–Trinajstić information content (AvgIpc) is 2.65. The van der Waals surface area contributed by atoms with Crippen LogP contribution in [0.1, 0.15) is 15.9 Å². The number of Topliss-reactive ketones (excluding diaryl/α,β-unsaturated/α-hetero) is 1. The Morgan fingerprint density at radius 1 is 0.708 bits per heavy atom. The molecule has 2 rings (SSSR count). The number of hydrogen-bond acceptors (Lipinski definition) is 5. The predicted octanol–water partition coefficient (Wildman–Crippen LogP) is 3.62. The largest absolute Gasteiger partial charge is 0.493 e. The van der Waals surface area contributed by atoms with E-state index in [2.05, 4.69) is 6.58 Å². The number of methoxy groups -OCH3 is 4. The molecule has 0 saturated heterocycles. The molecule has 126 valence electrons. The summed E-state index contributed by atoms with van der Waals surface area (Å²) in [5.41, 5.74) is 1.48. The van der Waals surface area contributed by atoms with E-state index in [9.17, 15) is 4.79 Å². The average molecular weight is 328 g/mol. The summed E-state index contributed by atoms with van der Waals surface area (Å²) >= 11 is 0. The Labute approximate surface area is 141 Å². The first-order chi connectivity index (χ1) is 11.5. The zero-order valence-corrected chi connectivity index (χ0v) is 14.2. The van der Waals surface area contributed by atoms with Gasteiger partial charge in [-0.05, 0) is 35.9 Å². The molecule has 24 heavy (non-hydrogen) atoms. The maximum absolute atomic E-state index is 12.7. The van der Waals surface area contributed by atoms with Gasteiger partial charge in [0.25, 0.3) is 0 Å². The van der Waals surface area contributed by atoms with Crippen LogP contribution in [0.3, 0.4) is 0 Å². The highest BCUT2D eigenvalue weighted by molar-refractivity contribution is 6.28. The molecule has 5 heteroatoms. The molecule has 0 N–H and O–H groups in total. The molecule has 0 radical (unpaired) electrons. The molecule has 0 heterocycles. The minimum atomic E-state index is -0.205. The van der Waals surface area contributed by atoms with Crippen LogP contribution in [0.15, 0.2) is 43.0 Å². The second kappa shape index (κ2) is 7.55. The molecule has 2 aromatic rings. The van der Waals surface area contributed by atoms with E-state index in [-0.39, 0.29) is 5.78 Å². The Bertz CT molecular complexity index is 699. The lowest BCUT2D eigenvalue weighted by Gasteiger charge is -2.12. The van der Waals surface area contributed by atoms with Crippen molar-refractivity contribution in [2.75, 3.05) is 28.4 Å². The molecule has 0 fully saturated rings.